The Morgan fingerprint density at radius 3 is 2.20 bits per heavy atom. The van der Waals surface area contributed by atoms with Crippen LogP contribution in [0, 0.1) is 0 Å². The topological polar surface area (TPSA) is 105 Å². The molecule has 2 rings (SSSR count). The van der Waals surface area contributed by atoms with Crippen LogP contribution in [0.1, 0.15) is 26.3 Å². The predicted molar refractivity (Wildman–Crippen MR) is 136 cm³/mol. The van der Waals surface area contributed by atoms with Gasteiger partial charge in [0.25, 0.3) is 0 Å². The smallest absolute Gasteiger partial charge is 0.244 e. The van der Waals surface area contributed by atoms with Gasteiger partial charge in [-0.25, -0.2) is 8.42 Å². The van der Waals surface area contributed by atoms with Gasteiger partial charge in [0.05, 0.1) is 26.2 Å². The molecular weight excluding hydrogens is 470 g/mol. The zero-order valence-corrected chi connectivity index (χ0v) is 22.0. The van der Waals surface area contributed by atoms with E-state index in [-0.39, 0.29) is 29.9 Å². The molecule has 2 aromatic rings. The van der Waals surface area contributed by atoms with Crippen LogP contribution in [0.15, 0.2) is 48.5 Å². The molecule has 2 amide bonds. The molecule has 0 unspecified atom stereocenters. The molecule has 2 aromatic carbocycles. The number of hydrogen-bond acceptors (Lipinski definition) is 6. The van der Waals surface area contributed by atoms with E-state index in [0.717, 1.165) is 16.1 Å². The second-order valence-electron chi connectivity index (χ2n) is 8.47. The van der Waals surface area contributed by atoms with E-state index in [9.17, 15) is 18.0 Å². The Kier molecular flexibility index (Phi) is 9.94. The summed E-state index contributed by atoms with van der Waals surface area (Å²) in [4.78, 5) is 27.7. The van der Waals surface area contributed by atoms with Gasteiger partial charge in [-0.1, -0.05) is 30.3 Å². The van der Waals surface area contributed by atoms with E-state index < -0.39 is 28.5 Å². The molecule has 0 bridgehead atoms. The van der Waals surface area contributed by atoms with Crippen molar-refractivity contribution in [1.29, 1.82) is 0 Å². The SMILES string of the molecule is COc1ccc(OC)c(N(CC(=O)N(CCc2ccccc2)[C@@H](C)C(=O)NC(C)C)S(C)(=O)=O)c1. The highest BCUT2D eigenvalue weighted by atomic mass is 32.2. The third-order valence-corrected chi connectivity index (χ3v) is 6.54. The van der Waals surface area contributed by atoms with Crippen LogP contribution < -0.4 is 19.1 Å². The minimum Gasteiger partial charge on any atom is -0.497 e. The molecule has 0 aliphatic rings. The molecule has 1 N–H and O–H groups in total. The summed E-state index contributed by atoms with van der Waals surface area (Å²) in [6.45, 7) is 5.04. The van der Waals surface area contributed by atoms with Gasteiger partial charge >= 0.3 is 0 Å². The molecule has 0 saturated carbocycles. The fourth-order valence-corrected chi connectivity index (χ4v) is 4.41. The van der Waals surface area contributed by atoms with Gasteiger partial charge in [0, 0.05) is 18.7 Å². The number of anilines is 1. The van der Waals surface area contributed by atoms with Crippen LogP contribution in [0.5, 0.6) is 11.5 Å². The second kappa shape index (κ2) is 12.4. The number of sulfonamides is 1. The summed E-state index contributed by atoms with van der Waals surface area (Å²) in [5.74, 6) is -0.146. The van der Waals surface area contributed by atoms with Gasteiger partial charge in [-0.3, -0.25) is 13.9 Å². The standard InChI is InChI=1S/C25H35N3O6S/c1-18(2)26-25(30)19(3)27(15-14-20-10-8-7-9-11-20)24(29)17-28(35(6,31)32)22-16-21(33-4)12-13-23(22)34-5/h7-13,16,18-19H,14-15,17H2,1-6H3,(H,26,30)/t19-/m0/s1. The van der Waals surface area contributed by atoms with Crippen molar-refractivity contribution in [2.45, 2.75) is 39.3 Å². The highest BCUT2D eigenvalue weighted by Crippen LogP contribution is 2.33. The number of benzene rings is 2. The number of rotatable bonds is 12. The number of ether oxygens (including phenoxy) is 2. The Bertz CT molecular complexity index is 1110. The molecule has 0 saturated heterocycles. The van der Waals surface area contributed by atoms with E-state index >= 15 is 0 Å². The Morgan fingerprint density at radius 1 is 1.00 bits per heavy atom. The zero-order valence-electron chi connectivity index (χ0n) is 21.1. The molecule has 35 heavy (non-hydrogen) atoms. The lowest BCUT2D eigenvalue weighted by Crippen LogP contribution is -2.53. The van der Waals surface area contributed by atoms with Crippen molar-refractivity contribution in [1.82, 2.24) is 10.2 Å². The lowest BCUT2D eigenvalue weighted by Gasteiger charge is -2.32. The summed E-state index contributed by atoms with van der Waals surface area (Å²) >= 11 is 0. The van der Waals surface area contributed by atoms with Gasteiger partial charge < -0.3 is 19.7 Å². The maximum absolute atomic E-state index is 13.5. The predicted octanol–water partition coefficient (Wildman–Crippen LogP) is 2.45. The van der Waals surface area contributed by atoms with Crippen LogP contribution in [0.3, 0.4) is 0 Å². The molecule has 0 spiro atoms. The molecule has 0 heterocycles. The fraction of sp³-hybridized carbons (Fsp3) is 0.440. The fourth-order valence-electron chi connectivity index (χ4n) is 3.56. The average Bonchev–Trinajstić information content (AvgIpc) is 2.81. The normalized spacial score (nSPS) is 12.1. The third kappa shape index (κ3) is 7.88. The number of hydrogen-bond donors (Lipinski definition) is 1. The average molecular weight is 506 g/mol. The number of carbonyl (C=O) groups excluding carboxylic acids is 2. The van der Waals surface area contributed by atoms with E-state index in [0.29, 0.717) is 12.2 Å². The van der Waals surface area contributed by atoms with Crippen LogP contribution in [0.2, 0.25) is 0 Å². The highest BCUT2D eigenvalue weighted by molar-refractivity contribution is 7.92. The van der Waals surface area contributed by atoms with Crippen LogP contribution in [0.4, 0.5) is 5.69 Å². The summed E-state index contributed by atoms with van der Waals surface area (Å²) in [5, 5.41) is 2.82. The van der Waals surface area contributed by atoms with Gasteiger partial charge in [-0.05, 0) is 44.9 Å². The summed E-state index contributed by atoms with van der Waals surface area (Å²) in [7, 11) is -1.01. The summed E-state index contributed by atoms with van der Waals surface area (Å²) < 4.78 is 37.1. The van der Waals surface area contributed by atoms with Crippen LogP contribution in [-0.2, 0) is 26.0 Å². The molecule has 1 atom stereocenters. The van der Waals surface area contributed by atoms with Crippen molar-refractivity contribution in [3.63, 3.8) is 0 Å². The van der Waals surface area contributed by atoms with Gasteiger partial charge in [-0.2, -0.15) is 0 Å². The molecule has 0 aliphatic heterocycles. The highest BCUT2D eigenvalue weighted by Gasteiger charge is 2.31. The van der Waals surface area contributed by atoms with Gasteiger partial charge in [0.2, 0.25) is 21.8 Å². The van der Waals surface area contributed by atoms with Crippen molar-refractivity contribution in [2.24, 2.45) is 0 Å². The van der Waals surface area contributed by atoms with Crippen molar-refractivity contribution < 1.29 is 27.5 Å². The summed E-state index contributed by atoms with van der Waals surface area (Å²) in [6.07, 6.45) is 1.52. The minimum absolute atomic E-state index is 0.107. The molecule has 192 valence electrons. The van der Waals surface area contributed by atoms with Gasteiger partial charge in [-0.15, -0.1) is 0 Å². The molecule has 10 heteroatoms. The van der Waals surface area contributed by atoms with Crippen molar-refractivity contribution in [2.75, 3.05) is 37.9 Å². The largest absolute Gasteiger partial charge is 0.497 e. The number of methoxy groups -OCH3 is 2. The van der Waals surface area contributed by atoms with Crippen molar-refractivity contribution in [3.8, 4) is 11.5 Å². The van der Waals surface area contributed by atoms with Crippen LogP contribution in [-0.4, -0.2) is 70.8 Å². The monoisotopic (exact) mass is 505 g/mol. The minimum atomic E-state index is -3.89. The summed E-state index contributed by atoms with van der Waals surface area (Å²) in [5.41, 5.74) is 1.17. The molecule has 0 aliphatic carbocycles. The number of nitrogens with zero attached hydrogens (tertiary/aromatic N) is 2. The Balaban J connectivity index is 2.41. The Morgan fingerprint density at radius 2 is 1.66 bits per heavy atom. The van der Waals surface area contributed by atoms with E-state index in [4.69, 9.17) is 9.47 Å². The molecule has 0 radical (unpaired) electrons. The molecular formula is C25H35N3O6S. The van der Waals surface area contributed by atoms with Crippen molar-refractivity contribution >= 4 is 27.5 Å². The third-order valence-electron chi connectivity index (χ3n) is 5.42. The zero-order chi connectivity index (χ0) is 26.2. The van der Waals surface area contributed by atoms with E-state index in [1.165, 1.54) is 25.2 Å². The first-order valence-corrected chi connectivity index (χ1v) is 13.2. The Labute approximate surface area is 208 Å². The molecule has 0 aromatic heterocycles. The quantitative estimate of drug-likeness (QED) is 0.475. The number of nitrogens with one attached hydrogen (secondary N) is 1. The maximum atomic E-state index is 13.5. The molecule has 0 fully saturated rings. The first kappa shape index (κ1) is 28.0. The van der Waals surface area contributed by atoms with E-state index in [2.05, 4.69) is 5.32 Å². The van der Waals surface area contributed by atoms with Gasteiger partial charge in [0.1, 0.15) is 24.1 Å². The lowest BCUT2D eigenvalue weighted by molar-refractivity contribution is -0.139. The first-order chi connectivity index (χ1) is 16.5. The van der Waals surface area contributed by atoms with Crippen LogP contribution in [0.25, 0.3) is 0 Å². The van der Waals surface area contributed by atoms with E-state index in [1.807, 2.05) is 44.2 Å². The van der Waals surface area contributed by atoms with E-state index in [1.54, 1.807) is 19.1 Å². The molecule has 9 nitrogen and oxygen atoms in total. The second-order valence-corrected chi connectivity index (χ2v) is 10.4. The van der Waals surface area contributed by atoms with Crippen LogP contribution >= 0.6 is 0 Å². The van der Waals surface area contributed by atoms with Gasteiger partial charge in [0.15, 0.2) is 0 Å². The first-order valence-electron chi connectivity index (χ1n) is 11.3. The lowest BCUT2D eigenvalue weighted by atomic mass is 10.1. The van der Waals surface area contributed by atoms with Crippen molar-refractivity contribution in [3.05, 3.63) is 54.1 Å². The number of amides is 2. The maximum Gasteiger partial charge on any atom is 0.244 e. The number of carbonyl (C=O) groups is 2. The Hall–Kier alpha value is -3.27. The summed E-state index contributed by atoms with van der Waals surface area (Å²) in [6, 6.07) is 13.4.